The summed E-state index contributed by atoms with van der Waals surface area (Å²) >= 11 is 0. The maximum Gasteiger partial charge on any atom is 0.293 e. The molecule has 1 aliphatic rings. The van der Waals surface area contributed by atoms with Gasteiger partial charge >= 0.3 is 0 Å². The van der Waals surface area contributed by atoms with Crippen molar-refractivity contribution in [2.75, 3.05) is 36.5 Å². The van der Waals surface area contributed by atoms with Crippen molar-refractivity contribution in [2.24, 2.45) is 9.50 Å². The molecule has 11 nitrogen and oxygen atoms in total. The zero-order valence-electron chi connectivity index (χ0n) is 14.6. The molecule has 27 heavy (non-hydrogen) atoms. The van der Waals surface area contributed by atoms with E-state index in [-0.39, 0.29) is 22.3 Å². The number of sulfonamides is 1. The third kappa shape index (κ3) is 5.60. The Kier molecular flexibility index (Phi) is 6.37. The minimum Gasteiger partial charge on any atom is -0.376 e. The van der Waals surface area contributed by atoms with Gasteiger partial charge in [0.05, 0.1) is 19.5 Å². The molecule has 0 aromatic heterocycles. The second-order valence-electron chi connectivity index (χ2n) is 6.20. The summed E-state index contributed by atoms with van der Waals surface area (Å²) in [5.41, 5.74) is -0.206. The molecule has 0 unspecified atom stereocenters. The van der Waals surface area contributed by atoms with Gasteiger partial charge in [-0.1, -0.05) is 0 Å². The van der Waals surface area contributed by atoms with Gasteiger partial charge in [0.25, 0.3) is 5.69 Å². The molecule has 0 amide bonds. The van der Waals surface area contributed by atoms with Gasteiger partial charge in [-0.05, 0) is 19.1 Å². The molecule has 1 aliphatic heterocycles. The van der Waals surface area contributed by atoms with Gasteiger partial charge in [0.2, 0.25) is 16.2 Å². The first-order chi connectivity index (χ1) is 12.5. The van der Waals surface area contributed by atoms with Crippen LogP contribution in [0.3, 0.4) is 0 Å². The SMILES string of the molecule is C[C@@H](CN1CCS(=O)(=NC#N)CC1)Nc1ccc(S(N)(=O)=O)cc1[N+](=O)[O-]. The molecule has 13 heteroatoms. The highest BCUT2D eigenvalue weighted by atomic mass is 32.2. The predicted molar refractivity (Wildman–Crippen MR) is 99.9 cm³/mol. The summed E-state index contributed by atoms with van der Waals surface area (Å²) < 4.78 is 38.5. The number of nitrogens with zero attached hydrogens (tertiary/aromatic N) is 4. The van der Waals surface area contributed by atoms with Crippen molar-refractivity contribution in [2.45, 2.75) is 17.9 Å². The number of benzene rings is 1. The van der Waals surface area contributed by atoms with E-state index >= 15 is 0 Å². The molecular formula is C14H20N6O5S2. The largest absolute Gasteiger partial charge is 0.376 e. The van der Waals surface area contributed by atoms with E-state index in [2.05, 4.69) is 9.68 Å². The van der Waals surface area contributed by atoms with Crippen molar-refractivity contribution in [1.29, 1.82) is 5.26 Å². The number of nitro groups is 1. The number of nitrogens with two attached hydrogens (primary N) is 1. The smallest absolute Gasteiger partial charge is 0.293 e. The van der Waals surface area contributed by atoms with E-state index < -0.39 is 24.7 Å². The number of primary sulfonamides is 1. The lowest BCUT2D eigenvalue weighted by Crippen LogP contribution is -2.44. The maximum atomic E-state index is 12.2. The number of nitrogens with one attached hydrogen (secondary N) is 1. The second kappa shape index (κ2) is 8.17. The normalized spacial score (nSPS) is 18.3. The van der Waals surface area contributed by atoms with Gasteiger partial charge in [-0.3, -0.25) is 15.0 Å². The summed E-state index contributed by atoms with van der Waals surface area (Å²) in [5.74, 6) is 0.604. The van der Waals surface area contributed by atoms with Crippen molar-refractivity contribution < 1.29 is 17.6 Å². The average molecular weight is 416 g/mol. The molecule has 0 bridgehead atoms. The summed E-state index contributed by atoms with van der Waals surface area (Å²) in [6, 6.07) is 3.23. The van der Waals surface area contributed by atoms with E-state index in [9.17, 15) is 22.7 Å². The van der Waals surface area contributed by atoms with Crippen molar-refractivity contribution in [3.05, 3.63) is 28.3 Å². The van der Waals surface area contributed by atoms with Crippen LogP contribution in [-0.4, -0.2) is 59.6 Å². The topological polar surface area (TPSA) is 172 Å². The molecule has 1 aromatic rings. The minimum absolute atomic E-state index is 0.181. The Morgan fingerprint density at radius 3 is 2.63 bits per heavy atom. The summed E-state index contributed by atoms with van der Waals surface area (Å²) in [7, 11) is -6.50. The molecule has 0 saturated carbocycles. The van der Waals surface area contributed by atoms with Crippen LogP contribution >= 0.6 is 0 Å². The number of rotatable bonds is 6. The van der Waals surface area contributed by atoms with Gasteiger partial charge in [-0.15, -0.1) is 4.36 Å². The Morgan fingerprint density at radius 2 is 2.11 bits per heavy atom. The van der Waals surface area contributed by atoms with Gasteiger partial charge in [-0.2, -0.15) is 5.26 Å². The van der Waals surface area contributed by atoms with Crippen molar-refractivity contribution in [3.63, 3.8) is 0 Å². The van der Waals surface area contributed by atoms with Gasteiger partial charge in [0.1, 0.15) is 5.69 Å². The van der Waals surface area contributed by atoms with Gasteiger partial charge in [0, 0.05) is 43.2 Å². The van der Waals surface area contributed by atoms with Crippen molar-refractivity contribution in [3.8, 4) is 6.19 Å². The van der Waals surface area contributed by atoms with Crippen molar-refractivity contribution in [1.82, 2.24) is 4.90 Å². The predicted octanol–water partition coefficient (Wildman–Crippen LogP) is 0.307. The van der Waals surface area contributed by atoms with Gasteiger partial charge in [0.15, 0.2) is 0 Å². The van der Waals surface area contributed by atoms with Crippen LogP contribution < -0.4 is 10.5 Å². The van der Waals surface area contributed by atoms with Gasteiger partial charge < -0.3 is 5.32 Å². The first-order valence-electron chi connectivity index (χ1n) is 7.95. The molecule has 0 spiro atoms. The lowest BCUT2D eigenvalue weighted by molar-refractivity contribution is -0.384. The Bertz CT molecular complexity index is 980. The van der Waals surface area contributed by atoms with Crippen LogP contribution in [0.5, 0.6) is 0 Å². The zero-order chi connectivity index (χ0) is 20.2. The number of nitriles is 1. The summed E-state index contributed by atoms with van der Waals surface area (Å²) in [6.45, 7) is 3.35. The van der Waals surface area contributed by atoms with E-state index in [0.29, 0.717) is 31.1 Å². The average Bonchev–Trinajstić information content (AvgIpc) is 2.56. The standard InChI is InChI=1S/C14H20N6O5S2/c1-11(9-19-4-6-26(23,7-5-19)17-10-15)18-13-3-2-12(27(16,24)25)8-14(13)20(21)22/h2-3,8,11,18H,4-7,9H2,1H3,(H2,16,24,25)/t11-/m0/s1. The lowest BCUT2D eigenvalue weighted by Gasteiger charge is -2.30. The van der Waals surface area contributed by atoms with Crippen LogP contribution in [0, 0.1) is 21.6 Å². The molecule has 0 radical (unpaired) electrons. The fourth-order valence-corrected chi connectivity index (χ4v) is 4.92. The molecule has 1 atom stereocenters. The fraction of sp³-hybridized carbons (Fsp3) is 0.500. The summed E-state index contributed by atoms with van der Waals surface area (Å²) in [4.78, 5) is 12.3. The molecule has 1 fully saturated rings. The highest BCUT2D eigenvalue weighted by Crippen LogP contribution is 2.27. The van der Waals surface area contributed by atoms with E-state index in [0.717, 1.165) is 6.07 Å². The molecule has 0 aliphatic carbocycles. The number of hydrogen-bond acceptors (Lipinski definition) is 9. The summed E-state index contributed by atoms with van der Waals surface area (Å²) in [5, 5.41) is 27.8. The minimum atomic E-state index is -4.04. The van der Waals surface area contributed by atoms with Gasteiger partial charge in [-0.25, -0.2) is 17.8 Å². The molecule has 1 heterocycles. The number of hydrogen-bond donors (Lipinski definition) is 2. The third-order valence-corrected chi connectivity index (χ3v) is 7.05. The fourth-order valence-electron chi connectivity index (χ4n) is 2.77. The Hall–Kier alpha value is -2.27. The molecule has 1 aromatic carbocycles. The molecule has 1 saturated heterocycles. The van der Waals surface area contributed by atoms with Crippen LogP contribution in [0.25, 0.3) is 0 Å². The molecule has 3 N–H and O–H groups in total. The van der Waals surface area contributed by atoms with Crippen LogP contribution in [0.1, 0.15) is 6.92 Å². The number of anilines is 1. The third-order valence-electron chi connectivity index (χ3n) is 4.09. The van der Waals surface area contributed by atoms with Crippen molar-refractivity contribution >= 4 is 31.1 Å². The Morgan fingerprint density at radius 1 is 1.48 bits per heavy atom. The van der Waals surface area contributed by atoms with Crippen LogP contribution in [-0.2, 0) is 19.8 Å². The molecule has 2 rings (SSSR count). The van der Waals surface area contributed by atoms with E-state index in [4.69, 9.17) is 10.4 Å². The van der Waals surface area contributed by atoms with E-state index in [1.165, 1.54) is 12.1 Å². The maximum absolute atomic E-state index is 12.2. The van der Waals surface area contributed by atoms with Crippen LogP contribution in [0.4, 0.5) is 11.4 Å². The quantitative estimate of drug-likeness (QED) is 0.379. The van der Waals surface area contributed by atoms with Crippen LogP contribution in [0.15, 0.2) is 27.5 Å². The molecule has 148 valence electrons. The first kappa shape index (κ1) is 21.0. The lowest BCUT2D eigenvalue weighted by atomic mass is 10.2. The van der Waals surface area contributed by atoms with E-state index in [1.807, 2.05) is 11.8 Å². The highest BCUT2D eigenvalue weighted by Gasteiger charge is 2.24. The van der Waals surface area contributed by atoms with Crippen LogP contribution in [0.2, 0.25) is 0 Å². The second-order valence-corrected chi connectivity index (χ2v) is 10.3. The first-order valence-corrected chi connectivity index (χ1v) is 11.3. The number of nitro benzene ring substituents is 1. The zero-order valence-corrected chi connectivity index (χ0v) is 16.2. The Balaban J connectivity index is 2.07. The highest BCUT2D eigenvalue weighted by molar-refractivity contribution is 7.93. The summed E-state index contributed by atoms with van der Waals surface area (Å²) in [6.07, 6.45) is 1.60. The van der Waals surface area contributed by atoms with E-state index in [1.54, 1.807) is 6.19 Å². The monoisotopic (exact) mass is 416 g/mol. The molecular weight excluding hydrogens is 396 g/mol. The Labute approximate surface area is 157 Å².